The lowest BCUT2D eigenvalue weighted by Gasteiger charge is -1.85. The van der Waals surface area contributed by atoms with Gasteiger partial charge in [-0.25, -0.2) is 4.79 Å². The summed E-state index contributed by atoms with van der Waals surface area (Å²) in [5.74, 6) is 3.29. The van der Waals surface area contributed by atoms with E-state index in [2.05, 4.69) is 10.7 Å². The van der Waals surface area contributed by atoms with Gasteiger partial charge in [-0.3, -0.25) is 0 Å². The third kappa shape index (κ3) is 6.99. The molecule has 0 saturated heterocycles. The predicted molar refractivity (Wildman–Crippen MR) is 31.9 cm³/mol. The van der Waals surface area contributed by atoms with E-state index < -0.39 is 5.97 Å². The highest BCUT2D eigenvalue weighted by Gasteiger charge is 1.81. The third-order valence-corrected chi connectivity index (χ3v) is 0.627. The molecular formula is C6H8O3. The monoisotopic (exact) mass is 128 g/mol. The highest BCUT2D eigenvalue weighted by atomic mass is 16.5. The molecule has 0 aromatic rings. The van der Waals surface area contributed by atoms with Crippen molar-refractivity contribution < 1.29 is 14.6 Å². The normalized spacial score (nSPS) is 7.67. The molecule has 50 valence electrons. The number of carbonyl (C=O) groups is 1. The highest BCUT2D eigenvalue weighted by Crippen LogP contribution is 1.74. The van der Waals surface area contributed by atoms with Gasteiger partial charge in [0.1, 0.15) is 0 Å². The van der Waals surface area contributed by atoms with Gasteiger partial charge in [-0.1, -0.05) is 5.92 Å². The Morgan fingerprint density at radius 1 is 1.78 bits per heavy atom. The molecule has 0 heterocycles. The molecule has 1 N–H and O–H groups in total. The first-order valence-electron chi connectivity index (χ1n) is 2.48. The predicted octanol–water partition coefficient (Wildman–Crippen LogP) is 0.111. The summed E-state index contributed by atoms with van der Waals surface area (Å²) in [6, 6.07) is 0. The van der Waals surface area contributed by atoms with Gasteiger partial charge in [0.2, 0.25) is 0 Å². The zero-order chi connectivity index (χ0) is 7.11. The Morgan fingerprint density at radius 2 is 2.44 bits per heavy atom. The molecule has 0 aliphatic rings. The maximum absolute atomic E-state index is 9.75. The first-order chi connectivity index (χ1) is 4.27. The topological polar surface area (TPSA) is 46.5 Å². The van der Waals surface area contributed by atoms with E-state index >= 15 is 0 Å². The molecule has 3 nitrogen and oxygen atoms in total. The lowest BCUT2D eigenvalue weighted by atomic mass is 10.4. The molecule has 0 saturated carbocycles. The highest BCUT2D eigenvalue weighted by molar-refractivity contribution is 5.86. The van der Waals surface area contributed by atoms with Gasteiger partial charge < -0.3 is 9.84 Å². The summed E-state index contributed by atoms with van der Waals surface area (Å²) in [6.07, 6.45) is 0.475. The molecule has 0 unspecified atom stereocenters. The molecule has 3 heteroatoms. The second-order valence-electron chi connectivity index (χ2n) is 1.35. The zero-order valence-corrected chi connectivity index (χ0v) is 5.18. The van der Waals surface area contributed by atoms with Crippen LogP contribution in [0, 0.1) is 11.8 Å². The number of aliphatic carboxylic acids is 1. The van der Waals surface area contributed by atoms with Gasteiger partial charge in [0, 0.05) is 19.5 Å². The molecule has 0 amide bonds. The maximum Gasteiger partial charge on any atom is 0.381 e. The van der Waals surface area contributed by atoms with Crippen LogP contribution < -0.4 is 0 Å². The summed E-state index contributed by atoms with van der Waals surface area (Å²) < 4.78 is 4.63. The van der Waals surface area contributed by atoms with E-state index in [1.54, 1.807) is 7.11 Å². The van der Waals surface area contributed by atoms with Crippen molar-refractivity contribution in [2.45, 2.75) is 6.42 Å². The lowest BCUT2D eigenvalue weighted by Crippen LogP contribution is -1.89. The largest absolute Gasteiger partial charge is 0.472 e. The maximum atomic E-state index is 9.75. The van der Waals surface area contributed by atoms with Crippen molar-refractivity contribution in [3.63, 3.8) is 0 Å². The molecule has 0 aromatic carbocycles. The molecule has 0 bridgehead atoms. The smallest absolute Gasteiger partial charge is 0.381 e. The quantitative estimate of drug-likeness (QED) is 0.424. The Bertz CT molecular complexity index is 140. The standard InChI is InChI=1S/C6H8O3/c1-9-5-3-2-4-6(7)8/h3,5H2,1H3,(H,7,8). The Labute approximate surface area is 53.6 Å². The van der Waals surface area contributed by atoms with Crippen LogP contribution in [0.2, 0.25) is 0 Å². The van der Waals surface area contributed by atoms with E-state index in [4.69, 9.17) is 5.11 Å². The fourth-order valence-electron chi connectivity index (χ4n) is 0.291. The van der Waals surface area contributed by atoms with Crippen LogP contribution in [0.25, 0.3) is 0 Å². The number of carboxylic acid groups (broad SMARTS) is 1. The van der Waals surface area contributed by atoms with E-state index in [0.717, 1.165) is 0 Å². The molecule has 0 fully saturated rings. The minimum absolute atomic E-state index is 0.475. The van der Waals surface area contributed by atoms with Gasteiger partial charge >= 0.3 is 5.97 Å². The number of methoxy groups -OCH3 is 1. The van der Waals surface area contributed by atoms with Crippen molar-refractivity contribution in [1.82, 2.24) is 0 Å². The van der Waals surface area contributed by atoms with Gasteiger partial charge in [-0.15, -0.1) is 0 Å². The molecule has 0 atom stereocenters. The SMILES string of the molecule is COCCC#CC(=O)O. The summed E-state index contributed by atoms with van der Waals surface area (Å²) in [5, 5.41) is 8.00. The Balaban J connectivity index is 3.27. The first kappa shape index (κ1) is 7.99. The van der Waals surface area contributed by atoms with Crippen LogP contribution >= 0.6 is 0 Å². The zero-order valence-electron chi connectivity index (χ0n) is 5.18. The Morgan fingerprint density at radius 3 is 2.89 bits per heavy atom. The summed E-state index contributed by atoms with van der Waals surface area (Å²) in [7, 11) is 1.54. The second kappa shape index (κ2) is 5.13. The Hall–Kier alpha value is -1.01. The fraction of sp³-hybridized carbons (Fsp3) is 0.500. The van der Waals surface area contributed by atoms with E-state index in [-0.39, 0.29) is 0 Å². The minimum atomic E-state index is -1.09. The van der Waals surface area contributed by atoms with Crippen molar-refractivity contribution in [2.24, 2.45) is 0 Å². The minimum Gasteiger partial charge on any atom is -0.472 e. The number of rotatable bonds is 2. The van der Waals surface area contributed by atoms with Crippen molar-refractivity contribution >= 4 is 5.97 Å². The average molecular weight is 128 g/mol. The molecule has 9 heavy (non-hydrogen) atoms. The van der Waals surface area contributed by atoms with E-state index in [0.29, 0.717) is 13.0 Å². The van der Waals surface area contributed by atoms with E-state index in [1.165, 1.54) is 0 Å². The Kier molecular flexibility index (Phi) is 4.56. The van der Waals surface area contributed by atoms with Crippen LogP contribution in [0.4, 0.5) is 0 Å². The van der Waals surface area contributed by atoms with Gasteiger partial charge in [0.05, 0.1) is 6.61 Å². The van der Waals surface area contributed by atoms with Gasteiger partial charge in [0.15, 0.2) is 0 Å². The van der Waals surface area contributed by atoms with Crippen LogP contribution in [-0.4, -0.2) is 24.8 Å². The molecule has 0 aromatic heterocycles. The van der Waals surface area contributed by atoms with E-state index in [9.17, 15) is 4.79 Å². The number of ether oxygens (including phenoxy) is 1. The van der Waals surface area contributed by atoms with Crippen molar-refractivity contribution in [1.29, 1.82) is 0 Å². The molecule has 0 rings (SSSR count). The van der Waals surface area contributed by atoms with Gasteiger partial charge in [-0.05, 0) is 0 Å². The summed E-state index contributed by atoms with van der Waals surface area (Å²) in [5.41, 5.74) is 0. The number of carboxylic acids is 1. The van der Waals surface area contributed by atoms with Crippen LogP contribution in [0.1, 0.15) is 6.42 Å². The van der Waals surface area contributed by atoms with Crippen LogP contribution in [0.3, 0.4) is 0 Å². The molecular weight excluding hydrogens is 120 g/mol. The van der Waals surface area contributed by atoms with Gasteiger partial charge in [-0.2, -0.15) is 0 Å². The van der Waals surface area contributed by atoms with Gasteiger partial charge in [0.25, 0.3) is 0 Å². The fourth-order valence-corrected chi connectivity index (χ4v) is 0.291. The second-order valence-corrected chi connectivity index (χ2v) is 1.35. The van der Waals surface area contributed by atoms with Crippen molar-refractivity contribution in [2.75, 3.05) is 13.7 Å². The molecule has 0 radical (unpaired) electrons. The van der Waals surface area contributed by atoms with Crippen molar-refractivity contribution in [3.05, 3.63) is 0 Å². The van der Waals surface area contributed by atoms with E-state index in [1.807, 2.05) is 5.92 Å². The third-order valence-electron chi connectivity index (χ3n) is 0.627. The van der Waals surface area contributed by atoms with Crippen LogP contribution in [0.5, 0.6) is 0 Å². The number of hydrogen-bond acceptors (Lipinski definition) is 2. The molecule has 0 aliphatic carbocycles. The van der Waals surface area contributed by atoms with Crippen LogP contribution in [0.15, 0.2) is 0 Å². The lowest BCUT2D eigenvalue weighted by molar-refractivity contribution is -0.130. The molecule has 0 aliphatic heterocycles. The summed E-state index contributed by atoms with van der Waals surface area (Å²) >= 11 is 0. The average Bonchev–Trinajstić information content (AvgIpc) is 1.80. The summed E-state index contributed by atoms with van der Waals surface area (Å²) in [4.78, 5) is 9.75. The first-order valence-corrected chi connectivity index (χ1v) is 2.48. The van der Waals surface area contributed by atoms with Crippen molar-refractivity contribution in [3.8, 4) is 11.8 Å². The summed E-state index contributed by atoms with van der Waals surface area (Å²) in [6.45, 7) is 0.486. The molecule has 0 spiro atoms. The van der Waals surface area contributed by atoms with Crippen LogP contribution in [-0.2, 0) is 9.53 Å². The number of hydrogen-bond donors (Lipinski definition) is 1.